The Kier molecular flexibility index (Phi) is 2.71. The Morgan fingerprint density at radius 3 is 2.44 bits per heavy atom. The lowest BCUT2D eigenvalue weighted by atomic mass is 9.97. The first-order chi connectivity index (χ1) is 8.48. The van der Waals surface area contributed by atoms with Gasteiger partial charge in [0.15, 0.2) is 0 Å². The average molecular weight is 270 g/mol. The topological polar surface area (TPSA) is 90.9 Å². The van der Waals surface area contributed by atoms with E-state index in [1.165, 1.54) is 12.8 Å². The van der Waals surface area contributed by atoms with Gasteiger partial charge >= 0.3 is 0 Å². The Bertz CT molecular complexity index is 562. The summed E-state index contributed by atoms with van der Waals surface area (Å²) >= 11 is 0. The van der Waals surface area contributed by atoms with E-state index in [1.807, 2.05) is 0 Å². The van der Waals surface area contributed by atoms with Gasteiger partial charge in [0.1, 0.15) is 5.82 Å². The van der Waals surface area contributed by atoms with E-state index in [1.54, 1.807) is 4.57 Å². The third-order valence-electron chi connectivity index (χ3n) is 4.05. The highest BCUT2D eigenvalue weighted by Gasteiger charge is 2.37. The number of nitrogens with zero attached hydrogens (tertiary/aromatic N) is 3. The standard InChI is InChI=1S/C11H18N4O2S/c1-7-3-2-4-9(7)10-13-14-11(18(12,16)17)15(10)8-5-6-8/h7-9H,2-6H2,1H3,(H2,12,16,17). The van der Waals surface area contributed by atoms with Gasteiger partial charge in [-0.1, -0.05) is 13.3 Å². The summed E-state index contributed by atoms with van der Waals surface area (Å²) in [6, 6.07) is 0.233. The van der Waals surface area contributed by atoms with E-state index in [0.717, 1.165) is 25.1 Å². The van der Waals surface area contributed by atoms with E-state index in [-0.39, 0.29) is 11.2 Å². The van der Waals surface area contributed by atoms with Crippen molar-refractivity contribution >= 4 is 10.0 Å². The summed E-state index contributed by atoms with van der Waals surface area (Å²) in [5, 5.41) is 13.1. The number of hydrogen-bond donors (Lipinski definition) is 1. The first kappa shape index (κ1) is 12.1. The molecule has 0 bridgehead atoms. The summed E-state index contributed by atoms with van der Waals surface area (Å²) in [7, 11) is -3.78. The molecule has 2 N–H and O–H groups in total. The zero-order chi connectivity index (χ0) is 12.9. The predicted molar refractivity (Wildman–Crippen MR) is 65.4 cm³/mol. The monoisotopic (exact) mass is 270 g/mol. The highest BCUT2D eigenvalue weighted by Crippen LogP contribution is 2.44. The second kappa shape index (κ2) is 4.03. The SMILES string of the molecule is CC1CCCC1c1nnc(S(N)(=O)=O)n1C1CC1. The molecule has 2 unspecified atom stereocenters. The molecule has 0 aromatic carbocycles. The van der Waals surface area contributed by atoms with E-state index in [0.29, 0.717) is 11.8 Å². The molecular weight excluding hydrogens is 252 g/mol. The van der Waals surface area contributed by atoms with Crippen molar-refractivity contribution in [2.24, 2.45) is 11.1 Å². The summed E-state index contributed by atoms with van der Waals surface area (Å²) < 4.78 is 24.9. The normalized spacial score (nSPS) is 28.8. The molecule has 18 heavy (non-hydrogen) atoms. The molecule has 100 valence electrons. The Hall–Kier alpha value is -0.950. The summed E-state index contributed by atoms with van der Waals surface area (Å²) in [5.41, 5.74) is 0. The number of aromatic nitrogens is 3. The van der Waals surface area contributed by atoms with Crippen molar-refractivity contribution in [1.82, 2.24) is 14.8 Å². The minimum Gasteiger partial charge on any atom is -0.297 e. The molecule has 0 amide bonds. The van der Waals surface area contributed by atoms with Gasteiger partial charge in [0.25, 0.3) is 15.2 Å². The van der Waals surface area contributed by atoms with Crippen LogP contribution in [0.15, 0.2) is 5.16 Å². The van der Waals surface area contributed by atoms with Crippen molar-refractivity contribution in [3.8, 4) is 0 Å². The lowest BCUT2D eigenvalue weighted by Gasteiger charge is -2.16. The van der Waals surface area contributed by atoms with Gasteiger partial charge in [0.2, 0.25) is 0 Å². The number of nitrogens with two attached hydrogens (primary N) is 1. The molecule has 2 aliphatic rings. The summed E-state index contributed by atoms with van der Waals surface area (Å²) in [5.74, 6) is 1.69. The predicted octanol–water partition coefficient (Wildman–Crippen LogP) is 1.16. The minimum atomic E-state index is -3.78. The molecule has 2 fully saturated rings. The molecule has 0 aliphatic heterocycles. The van der Waals surface area contributed by atoms with Crippen LogP contribution in [0.3, 0.4) is 0 Å². The largest absolute Gasteiger partial charge is 0.297 e. The van der Waals surface area contributed by atoms with E-state index in [9.17, 15) is 8.42 Å². The number of primary sulfonamides is 1. The molecule has 1 aromatic rings. The summed E-state index contributed by atoms with van der Waals surface area (Å²) in [4.78, 5) is 0. The van der Waals surface area contributed by atoms with Gasteiger partial charge in [-0.25, -0.2) is 13.6 Å². The molecule has 0 spiro atoms. The molecule has 6 nitrogen and oxygen atoms in total. The van der Waals surface area contributed by atoms with E-state index >= 15 is 0 Å². The van der Waals surface area contributed by atoms with E-state index < -0.39 is 10.0 Å². The first-order valence-corrected chi connectivity index (χ1v) is 8.00. The maximum Gasteiger partial charge on any atom is 0.273 e. The van der Waals surface area contributed by atoms with Gasteiger partial charge in [-0.2, -0.15) is 0 Å². The Labute approximate surface area is 107 Å². The smallest absolute Gasteiger partial charge is 0.273 e. The Balaban J connectivity index is 2.07. The first-order valence-electron chi connectivity index (χ1n) is 6.46. The van der Waals surface area contributed by atoms with Crippen molar-refractivity contribution in [1.29, 1.82) is 0 Å². The average Bonchev–Trinajstić information content (AvgIpc) is 2.86. The molecular formula is C11H18N4O2S. The molecule has 7 heteroatoms. The lowest BCUT2D eigenvalue weighted by Crippen LogP contribution is -2.20. The van der Waals surface area contributed by atoms with Gasteiger partial charge in [0.05, 0.1) is 0 Å². The zero-order valence-electron chi connectivity index (χ0n) is 10.4. The number of rotatable bonds is 3. The van der Waals surface area contributed by atoms with Crippen LogP contribution >= 0.6 is 0 Å². The zero-order valence-corrected chi connectivity index (χ0v) is 11.2. The van der Waals surface area contributed by atoms with Crippen molar-refractivity contribution in [3.63, 3.8) is 0 Å². The highest BCUT2D eigenvalue weighted by molar-refractivity contribution is 7.89. The fourth-order valence-electron chi connectivity index (χ4n) is 2.94. The van der Waals surface area contributed by atoms with Crippen LogP contribution in [0, 0.1) is 5.92 Å². The van der Waals surface area contributed by atoms with Crippen LogP contribution in [-0.2, 0) is 10.0 Å². The summed E-state index contributed by atoms with van der Waals surface area (Å²) in [6.07, 6.45) is 5.40. The van der Waals surface area contributed by atoms with Gasteiger partial charge in [0, 0.05) is 12.0 Å². The van der Waals surface area contributed by atoms with Crippen molar-refractivity contribution < 1.29 is 8.42 Å². The van der Waals surface area contributed by atoms with Crippen LogP contribution in [0.4, 0.5) is 0 Å². The van der Waals surface area contributed by atoms with Crippen molar-refractivity contribution in [2.45, 2.75) is 56.1 Å². The van der Waals surface area contributed by atoms with Gasteiger partial charge in [-0.05, 0) is 31.6 Å². The van der Waals surface area contributed by atoms with Crippen LogP contribution in [0.1, 0.15) is 56.8 Å². The van der Waals surface area contributed by atoms with Crippen molar-refractivity contribution in [3.05, 3.63) is 5.82 Å². The Morgan fingerprint density at radius 2 is 1.94 bits per heavy atom. The van der Waals surface area contributed by atoms with E-state index in [4.69, 9.17) is 5.14 Å². The number of sulfonamides is 1. The third-order valence-corrected chi connectivity index (χ3v) is 4.84. The molecule has 1 aromatic heterocycles. The van der Waals surface area contributed by atoms with E-state index in [2.05, 4.69) is 17.1 Å². The fraction of sp³-hybridized carbons (Fsp3) is 0.818. The molecule has 2 saturated carbocycles. The van der Waals surface area contributed by atoms with Crippen LogP contribution in [0.2, 0.25) is 0 Å². The second-order valence-electron chi connectivity index (χ2n) is 5.50. The van der Waals surface area contributed by atoms with Crippen LogP contribution < -0.4 is 5.14 Å². The van der Waals surface area contributed by atoms with Crippen LogP contribution in [-0.4, -0.2) is 23.2 Å². The lowest BCUT2D eigenvalue weighted by molar-refractivity contribution is 0.472. The fourth-order valence-corrected chi connectivity index (χ4v) is 3.61. The molecule has 2 aliphatic carbocycles. The quantitative estimate of drug-likeness (QED) is 0.892. The molecule has 2 atom stereocenters. The minimum absolute atomic E-state index is 0.0564. The summed E-state index contributed by atoms with van der Waals surface area (Å²) in [6.45, 7) is 2.19. The highest BCUT2D eigenvalue weighted by atomic mass is 32.2. The maximum atomic E-state index is 11.6. The number of hydrogen-bond acceptors (Lipinski definition) is 4. The molecule has 3 rings (SSSR count). The van der Waals surface area contributed by atoms with Crippen LogP contribution in [0.5, 0.6) is 0 Å². The van der Waals surface area contributed by atoms with Gasteiger partial charge in [-0.3, -0.25) is 4.57 Å². The Morgan fingerprint density at radius 1 is 1.22 bits per heavy atom. The van der Waals surface area contributed by atoms with Gasteiger partial charge < -0.3 is 0 Å². The maximum absolute atomic E-state index is 11.6. The molecule has 0 radical (unpaired) electrons. The molecule has 0 saturated heterocycles. The van der Waals surface area contributed by atoms with Crippen LogP contribution in [0.25, 0.3) is 0 Å². The van der Waals surface area contributed by atoms with Crippen molar-refractivity contribution in [2.75, 3.05) is 0 Å². The second-order valence-corrected chi connectivity index (χ2v) is 6.96. The third kappa shape index (κ3) is 1.95. The van der Waals surface area contributed by atoms with Gasteiger partial charge in [-0.15, -0.1) is 10.2 Å². The molecule has 1 heterocycles.